The number of nitrogens with two attached hydrogens (primary N) is 1. The van der Waals surface area contributed by atoms with Crippen LogP contribution in [0.4, 0.5) is 13.2 Å². The minimum atomic E-state index is -4.29. The number of benzene rings is 1. The fourth-order valence-corrected chi connectivity index (χ4v) is 2.60. The van der Waals surface area contributed by atoms with Gasteiger partial charge in [-0.05, 0) is 42.4 Å². The van der Waals surface area contributed by atoms with Gasteiger partial charge < -0.3 is 5.73 Å². The molecule has 0 aromatic heterocycles. The van der Waals surface area contributed by atoms with Crippen molar-refractivity contribution in [3.8, 4) is 0 Å². The maximum absolute atomic E-state index is 12.5. The Labute approximate surface area is 110 Å². The van der Waals surface area contributed by atoms with Gasteiger partial charge in [-0.3, -0.25) is 0 Å². The molecule has 0 amide bonds. The van der Waals surface area contributed by atoms with E-state index < -0.39 is 11.7 Å². The number of halogens is 3. The summed E-state index contributed by atoms with van der Waals surface area (Å²) in [6.45, 7) is 3.76. The fraction of sp³-hybridized carbons (Fsp3) is 0.538. The lowest BCUT2D eigenvalue weighted by Gasteiger charge is -2.16. The molecule has 0 bridgehead atoms. The van der Waals surface area contributed by atoms with E-state index in [9.17, 15) is 13.2 Å². The second-order valence-corrected chi connectivity index (χ2v) is 5.40. The predicted molar refractivity (Wildman–Crippen MR) is 70.7 cm³/mol. The Balaban J connectivity index is 2.79. The zero-order valence-electron chi connectivity index (χ0n) is 10.6. The molecule has 1 atom stereocenters. The molecule has 0 aliphatic rings. The molecule has 1 unspecified atom stereocenters. The van der Waals surface area contributed by atoms with Crippen LogP contribution in [0.2, 0.25) is 0 Å². The van der Waals surface area contributed by atoms with Crippen LogP contribution in [0.5, 0.6) is 0 Å². The van der Waals surface area contributed by atoms with Crippen molar-refractivity contribution < 1.29 is 13.2 Å². The predicted octanol–water partition coefficient (Wildman–Crippen LogP) is 4.16. The minimum Gasteiger partial charge on any atom is -0.323 e. The second kappa shape index (κ2) is 6.48. The molecule has 0 radical (unpaired) electrons. The minimum absolute atomic E-state index is 0.205. The van der Waals surface area contributed by atoms with Crippen molar-refractivity contribution >= 4 is 11.8 Å². The summed E-state index contributed by atoms with van der Waals surface area (Å²) >= 11 is 1.73. The van der Waals surface area contributed by atoms with Crippen LogP contribution in [0.3, 0.4) is 0 Å². The van der Waals surface area contributed by atoms with Crippen molar-refractivity contribution in [2.24, 2.45) is 5.73 Å². The van der Waals surface area contributed by atoms with Gasteiger partial charge in [0.15, 0.2) is 0 Å². The Morgan fingerprint density at radius 1 is 1.33 bits per heavy atom. The van der Waals surface area contributed by atoms with Gasteiger partial charge >= 0.3 is 6.18 Å². The summed E-state index contributed by atoms with van der Waals surface area (Å²) < 4.78 is 37.5. The van der Waals surface area contributed by atoms with E-state index in [1.54, 1.807) is 18.7 Å². The first-order valence-corrected chi connectivity index (χ1v) is 7.02. The third-order valence-corrected chi connectivity index (χ3v) is 3.93. The first kappa shape index (κ1) is 15.4. The first-order chi connectivity index (χ1) is 8.36. The maximum atomic E-state index is 12.5. The summed E-state index contributed by atoms with van der Waals surface area (Å²) in [5.41, 5.74) is 6.78. The van der Waals surface area contributed by atoms with E-state index in [0.29, 0.717) is 5.56 Å². The van der Waals surface area contributed by atoms with E-state index in [4.69, 9.17) is 5.73 Å². The average molecular weight is 277 g/mol. The summed E-state index contributed by atoms with van der Waals surface area (Å²) in [5.74, 6) is 1.76. The van der Waals surface area contributed by atoms with E-state index in [2.05, 4.69) is 6.92 Å². The van der Waals surface area contributed by atoms with Crippen LogP contribution in [0.15, 0.2) is 18.2 Å². The maximum Gasteiger partial charge on any atom is 0.416 e. The molecule has 0 aliphatic heterocycles. The summed E-state index contributed by atoms with van der Waals surface area (Å²) in [6.07, 6.45) is -3.21. The molecule has 1 aromatic carbocycles. The highest BCUT2D eigenvalue weighted by molar-refractivity contribution is 7.99. The SMILES string of the molecule is CCCSCC(N)c1ccc(C(F)(F)F)cc1C. The number of hydrogen-bond donors (Lipinski definition) is 1. The number of alkyl halides is 3. The van der Waals surface area contributed by atoms with E-state index in [1.807, 2.05) is 0 Å². The van der Waals surface area contributed by atoms with Gasteiger partial charge in [0.2, 0.25) is 0 Å². The number of aryl methyl sites for hydroxylation is 1. The van der Waals surface area contributed by atoms with Crippen LogP contribution >= 0.6 is 11.8 Å². The van der Waals surface area contributed by atoms with Crippen LogP contribution in [0, 0.1) is 6.92 Å². The lowest BCUT2D eigenvalue weighted by atomic mass is 10.0. The van der Waals surface area contributed by atoms with Gasteiger partial charge in [0.25, 0.3) is 0 Å². The Hall–Kier alpha value is -0.680. The third-order valence-electron chi connectivity index (χ3n) is 2.64. The highest BCUT2D eigenvalue weighted by Gasteiger charge is 2.30. The van der Waals surface area contributed by atoms with E-state index >= 15 is 0 Å². The van der Waals surface area contributed by atoms with Crippen LogP contribution in [-0.4, -0.2) is 11.5 Å². The number of rotatable bonds is 5. The van der Waals surface area contributed by atoms with E-state index in [0.717, 1.165) is 29.6 Å². The Morgan fingerprint density at radius 3 is 2.50 bits per heavy atom. The molecule has 0 fully saturated rings. The van der Waals surface area contributed by atoms with Gasteiger partial charge in [-0.15, -0.1) is 0 Å². The smallest absolute Gasteiger partial charge is 0.323 e. The monoisotopic (exact) mass is 277 g/mol. The molecule has 102 valence electrons. The largest absolute Gasteiger partial charge is 0.416 e. The van der Waals surface area contributed by atoms with Gasteiger partial charge in [-0.25, -0.2) is 0 Å². The van der Waals surface area contributed by atoms with Crippen LogP contribution in [-0.2, 0) is 6.18 Å². The molecule has 0 heterocycles. The van der Waals surface area contributed by atoms with Gasteiger partial charge in [0.05, 0.1) is 5.56 Å². The number of thioether (sulfide) groups is 1. The highest BCUT2D eigenvalue weighted by Crippen LogP contribution is 2.31. The normalized spacial score (nSPS) is 13.7. The summed E-state index contributed by atoms with van der Waals surface area (Å²) in [5, 5.41) is 0. The summed E-state index contributed by atoms with van der Waals surface area (Å²) in [7, 11) is 0. The summed E-state index contributed by atoms with van der Waals surface area (Å²) in [4.78, 5) is 0. The van der Waals surface area contributed by atoms with Crippen molar-refractivity contribution in [3.05, 3.63) is 34.9 Å². The molecule has 1 nitrogen and oxygen atoms in total. The molecule has 0 aliphatic carbocycles. The van der Waals surface area contributed by atoms with Crippen LogP contribution < -0.4 is 5.73 Å². The fourth-order valence-electron chi connectivity index (χ4n) is 1.71. The zero-order chi connectivity index (χ0) is 13.8. The quantitative estimate of drug-likeness (QED) is 0.818. The van der Waals surface area contributed by atoms with Crippen molar-refractivity contribution in [1.82, 2.24) is 0 Å². The standard InChI is InChI=1S/C13H18F3NS/c1-3-6-18-8-12(17)11-5-4-10(7-9(11)2)13(14,15)16/h4-5,7,12H,3,6,8,17H2,1-2H3. The second-order valence-electron chi connectivity index (χ2n) is 4.25. The van der Waals surface area contributed by atoms with Crippen molar-refractivity contribution in [2.45, 2.75) is 32.5 Å². The van der Waals surface area contributed by atoms with Gasteiger partial charge in [-0.1, -0.05) is 13.0 Å². The van der Waals surface area contributed by atoms with E-state index in [-0.39, 0.29) is 6.04 Å². The summed E-state index contributed by atoms with van der Waals surface area (Å²) in [6, 6.07) is 3.56. The molecule has 2 N–H and O–H groups in total. The lowest BCUT2D eigenvalue weighted by Crippen LogP contribution is -2.15. The van der Waals surface area contributed by atoms with Gasteiger partial charge in [-0.2, -0.15) is 24.9 Å². The first-order valence-electron chi connectivity index (χ1n) is 5.87. The van der Waals surface area contributed by atoms with Crippen molar-refractivity contribution in [3.63, 3.8) is 0 Å². The lowest BCUT2D eigenvalue weighted by molar-refractivity contribution is -0.137. The molecule has 0 saturated heterocycles. The van der Waals surface area contributed by atoms with Gasteiger partial charge in [0, 0.05) is 11.8 Å². The van der Waals surface area contributed by atoms with Gasteiger partial charge in [0.1, 0.15) is 0 Å². The molecule has 5 heteroatoms. The Kier molecular flexibility index (Phi) is 5.53. The van der Waals surface area contributed by atoms with Crippen LogP contribution in [0.1, 0.15) is 36.1 Å². The van der Waals surface area contributed by atoms with Crippen molar-refractivity contribution in [1.29, 1.82) is 0 Å². The van der Waals surface area contributed by atoms with E-state index in [1.165, 1.54) is 12.1 Å². The third kappa shape index (κ3) is 4.21. The molecular formula is C13H18F3NS. The zero-order valence-corrected chi connectivity index (χ0v) is 11.4. The molecular weight excluding hydrogens is 259 g/mol. The Morgan fingerprint density at radius 2 is 2.00 bits per heavy atom. The molecule has 0 saturated carbocycles. The Bertz CT molecular complexity index is 390. The average Bonchev–Trinajstić information content (AvgIpc) is 2.27. The number of hydrogen-bond acceptors (Lipinski definition) is 2. The molecule has 1 rings (SSSR count). The topological polar surface area (TPSA) is 26.0 Å². The highest BCUT2D eigenvalue weighted by atomic mass is 32.2. The molecule has 1 aromatic rings. The molecule has 18 heavy (non-hydrogen) atoms. The van der Waals surface area contributed by atoms with Crippen molar-refractivity contribution in [2.75, 3.05) is 11.5 Å². The molecule has 0 spiro atoms. The van der Waals surface area contributed by atoms with Crippen LogP contribution in [0.25, 0.3) is 0 Å².